The maximum absolute atomic E-state index is 12.3. The van der Waals surface area contributed by atoms with Crippen LogP contribution in [0.2, 0.25) is 0 Å². The van der Waals surface area contributed by atoms with Crippen molar-refractivity contribution in [1.82, 2.24) is 4.57 Å². The molecule has 1 heterocycles. The third kappa shape index (κ3) is 2.81. The van der Waals surface area contributed by atoms with Crippen LogP contribution in [0.4, 0.5) is 0 Å². The van der Waals surface area contributed by atoms with E-state index < -0.39 is 11.5 Å². The Morgan fingerprint density at radius 1 is 1.14 bits per heavy atom. The van der Waals surface area contributed by atoms with Gasteiger partial charge in [-0.1, -0.05) is 0 Å². The van der Waals surface area contributed by atoms with Gasteiger partial charge in [0.15, 0.2) is 0 Å². The second-order valence-corrected chi connectivity index (χ2v) is 4.93. The average Bonchev–Trinajstić information content (AvgIpc) is 2.46. The quantitative estimate of drug-likeness (QED) is 0.938. The van der Waals surface area contributed by atoms with Gasteiger partial charge in [-0.25, -0.2) is 4.79 Å². The van der Waals surface area contributed by atoms with E-state index in [2.05, 4.69) is 0 Å². The van der Waals surface area contributed by atoms with Crippen molar-refractivity contribution in [2.24, 2.45) is 0 Å². The van der Waals surface area contributed by atoms with Crippen LogP contribution >= 0.6 is 0 Å². The standard InChI is InChI=1S/C16H17NO4/c1-10(2)17-14(9-8-13(15(17)18)16(19)20)11-4-6-12(21-3)7-5-11/h4-10H,1-3H3,(H,19,20). The average molecular weight is 287 g/mol. The Labute approximate surface area is 122 Å². The predicted octanol–water partition coefficient (Wildman–Crippen LogP) is 2.80. The summed E-state index contributed by atoms with van der Waals surface area (Å²) >= 11 is 0. The Morgan fingerprint density at radius 3 is 2.24 bits per heavy atom. The summed E-state index contributed by atoms with van der Waals surface area (Å²) in [4.78, 5) is 23.4. The fraction of sp³-hybridized carbons (Fsp3) is 0.250. The molecule has 1 N–H and O–H groups in total. The van der Waals surface area contributed by atoms with Crippen molar-refractivity contribution in [3.8, 4) is 17.0 Å². The molecule has 2 rings (SSSR count). The van der Waals surface area contributed by atoms with Crippen molar-refractivity contribution >= 4 is 5.97 Å². The van der Waals surface area contributed by atoms with Gasteiger partial charge in [0.2, 0.25) is 0 Å². The molecule has 5 heteroatoms. The number of aromatic nitrogens is 1. The number of pyridine rings is 1. The molecule has 0 saturated carbocycles. The van der Waals surface area contributed by atoms with Crippen molar-refractivity contribution in [2.45, 2.75) is 19.9 Å². The highest BCUT2D eigenvalue weighted by atomic mass is 16.5. The lowest BCUT2D eigenvalue weighted by atomic mass is 10.1. The van der Waals surface area contributed by atoms with Gasteiger partial charge in [-0.2, -0.15) is 0 Å². The minimum absolute atomic E-state index is 0.145. The maximum atomic E-state index is 12.3. The normalized spacial score (nSPS) is 10.7. The summed E-state index contributed by atoms with van der Waals surface area (Å²) in [6.45, 7) is 3.69. The number of hydrogen-bond acceptors (Lipinski definition) is 3. The van der Waals surface area contributed by atoms with Crippen LogP contribution in [0.1, 0.15) is 30.2 Å². The molecule has 0 atom stereocenters. The number of rotatable bonds is 4. The Balaban J connectivity index is 2.65. The number of carboxylic acids is 1. The third-order valence-electron chi connectivity index (χ3n) is 3.25. The van der Waals surface area contributed by atoms with E-state index in [1.807, 2.05) is 26.0 Å². The number of carboxylic acid groups (broad SMARTS) is 1. The SMILES string of the molecule is COc1ccc(-c2ccc(C(=O)O)c(=O)n2C(C)C)cc1. The highest BCUT2D eigenvalue weighted by molar-refractivity contribution is 5.87. The molecule has 0 unspecified atom stereocenters. The van der Waals surface area contributed by atoms with Gasteiger partial charge in [-0.3, -0.25) is 4.79 Å². The lowest BCUT2D eigenvalue weighted by molar-refractivity contribution is 0.0694. The molecule has 1 aromatic heterocycles. The van der Waals surface area contributed by atoms with Gasteiger partial charge < -0.3 is 14.4 Å². The van der Waals surface area contributed by atoms with E-state index in [1.54, 1.807) is 25.3 Å². The summed E-state index contributed by atoms with van der Waals surface area (Å²) in [6, 6.07) is 10.1. The summed E-state index contributed by atoms with van der Waals surface area (Å²) in [5.74, 6) is -0.491. The zero-order chi connectivity index (χ0) is 15.6. The first-order valence-electron chi connectivity index (χ1n) is 6.59. The molecule has 0 aliphatic heterocycles. The molecule has 0 bridgehead atoms. The van der Waals surface area contributed by atoms with Crippen molar-refractivity contribution in [1.29, 1.82) is 0 Å². The summed E-state index contributed by atoms with van der Waals surface area (Å²) in [5, 5.41) is 9.07. The van der Waals surface area contributed by atoms with Crippen molar-refractivity contribution < 1.29 is 14.6 Å². The highest BCUT2D eigenvalue weighted by Crippen LogP contribution is 2.23. The minimum atomic E-state index is -1.21. The largest absolute Gasteiger partial charge is 0.497 e. The molecular formula is C16H17NO4. The van der Waals surface area contributed by atoms with E-state index in [-0.39, 0.29) is 11.6 Å². The van der Waals surface area contributed by atoms with Crippen LogP contribution in [-0.4, -0.2) is 22.8 Å². The van der Waals surface area contributed by atoms with E-state index >= 15 is 0 Å². The molecule has 110 valence electrons. The summed E-state index contributed by atoms with van der Waals surface area (Å²) < 4.78 is 6.60. The van der Waals surface area contributed by atoms with Gasteiger partial charge in [0.05, 0.1) is 12.8 Å². The molecule has 0 aliphatic rings. The molecule has 0 fully saturated rings. The zero-order valence-electron chi connectivity index (χ0n) is 12.2. The molecule has 2 aromatic rings. The highest BCUT2D eigenvalue weighted by Gasteiger charge is 2.16. The molecule has 21 heavy (non-hydrogen) atoms. The topological polar surface area (TPSA) is 68.5 Å². The lowest BCUT2D eigenvalue weighted by Gasteiger charge is -2.17. The van der Waals surface area contributed by atoms with Crippen LogP contribution in [0.15, 0.2) is 41.2 Å². The molecule has 0 radical (unpaired) electrons. The van der Waals surface area contributed by atoms with Gasteiger partial charge in [0, 0.05) is 6.04 Å². The number of nitrogens with zero attached hydrogens (tertiary/aromatic N) is 1. The Hall–Kier alpha value is -2.56. The van der Waals surface area contributed by atoms with Crippen LogP contribution in [0.3, 0.4) is 0 Å². The van der Waals surface area contributed by atoms with E-state index in [0.717, 1.165) is 11.3 Å². The maximum Gasteiger partial charge on any atom is 0.341 e. The summed E-state index contributed by atoms with van der Waals surface area (Å²) in [6.07, 6.45) is 0. The molecule has 0 spiro atoms. The second kappa shape index (κ2) is 5.83. The smallest absolute Gasteiger partial charge is 0.341 e. The second-order valence-electron chi connectivity index (χ2n) is 4.93. The van der Waals surface area contributed by atoms with Crippen LogP contribution < -0.4 is 10.3 Å². The summed E-state index contributed by atoms with van der Waals surface area (Å²) in [5.41, 5.74) is 0.799. The monoisotopic (exact) mass is 287 g/mol. The van der Waals surface area contributed by atoms with Gasteiger partial charge in [0.25, 0.3) is 5.56 Å². The predicted molar refractivity (Wildman–Crippen MR) is 80.0 cm³/mol. The van der Waals surface area contributed by atoms with E-state index in [1.165, 1.54) is 10.6 Å². The lowest BCUT2D eigenvalue weighted by Crippen LogP contribution is -2.28. The summed E-state index contributed by atoms with van der Waals surface area (Å²) in [7, 11) is 1.58. The van der Waals surface area contributed by atoms with Gasteiger partial charge in [0.1, 0.15) is 11.3 Å². The molecule has 5 nitrogen and oxygen atoms in total. The molecule has 0 saturated heterocycles. The van der Waals surface area contributed by atoms with Crippen LogP contribution in [0, 0.1) is 0 Å². The van der Waals surface area contributed by atoms with Crippen molar-refractivity contribution in [3.63, 3.8) is 0 Å². The van der Waals surface area contributed by atoms with E-state index in [4.69, 9.17) is 9.84 Å². The van der Waals surface area contributed by atoms with Crippen molar-refractivity contribution in [2.75, 3.05) is 7.11 Å². The number of methoxy groups -OCH3 is 1. The molecular weight excluding hydrogens is 270 g/mol. The molecule has 0 amide bonds. The Bertz CT molecular complexity index is 714. The Kier molecular flexibility index (Phi) is 4.12. The van der Waals surface area contributed by atoms with Gasteiger partial charge in [-0.15, -0.1) is 0 Å². The van der Waals surface area contributed by atoms with Gasteiger partial charge >= 0.3 is 5.97 Å². The first-order valence-corrected chi connectivity index (χ1v) is 6.59. The molecule has 0 aliphatic carbocycles. The van der Waals surface area contributed by atoms with Crippen LogP contribution in [0.5, 0.6) is 5.75 Å². The first-order chi connectivity index (χ1) is 9.95. The fourth-order valence-corrected chi connectivity index (χ4v) is 2.23. The Morgan fingerprint density at radius 2 is 1.76 bits per heavy atom. The molecule has 1 aromatic carbocycles. The van der Waals surface area contributed by atoms with E-state index in [0.29, 0.717) is 5.69 Å². The zero-order valence-corrected chi connectivity index (χ0v) is 12.2. The number of ether oxygens (including phenoxy) is 1. The van der Waals surface area contributed by atoms with E-state index in [9.17, 15) is 9.59 Å². The van der Waals surface area contributed by atoms with Crippen LogP contribution in [0.25, 0.3) is 11.3 Å². The number of benzene rings is 1. The van der Waals surface area contributed by atoms with Gasteiger partial charge in [-0.05, 0) is 55.8 Å². The fourth-order valence-electron chi connectivity index (χ4n) is 2.23. The third-order valence-corrected chi connectivity index (χ3v) is 3.25. The number of carbonyl (C=O) groups is 1. The van der Waals surface area contributed by atoms with Crippen LogP contribution in [-0.2, 0) is 0 Å². The number of hydrogen-bond donors (Lipinski definition) is 1. The van der Waals surface area contributed by atoms with Crippen molar-refractivity contribution in [3.05, 3.63) is 52.3 Å². The minimum Gasteiger partial charge on any atom is -0.497 e. The number of aromatic carboxylic acids is 1. The first kappa shape index (κ1) is 14.8.